The predicted molar refractivity (Wildman–Crippen MR) is 220 cm³/mol. The first kappa shape index (κ1) is 42.4. The molecular formula is C42H35Cl4N3O8. The van der Waals surface area contributed by atoms with Gasteiger partial charge in [0.25, 0.3) is 0 Å². The van der Waals surface area contributed by atoms with Crippen LogP contribution in [-0.4, -0.2) is 47.1 Å². The predicted octanol–water partition coefficient (Wildman–Crippen LogP) is 11.5. The second-order valence-corrected chi connectivity index (χ2v) is 14.0. The average molecular weight is 852 g/mol. The van der Waals surface area contributed by atoms with E-state index < -0.39 is 5.78 Å². The van der Waals surface area contributed by atoms with Crippen molar-refractivity contribution in [3.63, 3.8) is 0 Å². The van der Waals surface area contributed by atoms with E-state index in [4.69, 9.17) is 55.9 Å². The second-order valence-electron chi connectivity index (χ2n) is 12.3. The molecular weight excluding hydrogens is 816 g/mol. The number of hydrogen-bond acceptors (Lipinski definition) is 11. The lowest BCUT2D eigenvalue weighted by Crippen LogP contribution is -2.10. The van der Waals surface area contributed by atoms with Gasteiger partial charge in [-0.05, 0) is 85.6 Å². The highest BCUT2D eigenvalue weighted by Gasteiger charge is 2.22. The third kappa shape index (κ3) is 10.8. The van der Waals surface area contributed by atoms with E-state index in [1.165, 1.54) is 12.1 Å². The van der Waals surface area contributed by atoms with E-state index in [-0.39, 0.29) is 49.9 Å². The minimum Gasteiger partial charge on any atom is -0.507 e. The Morgan fingerprint density at radius 2 is 0.982 bits per heavy atom. The standard InChI is InChI=1S/C21H18Cl2N2O4.C21H17Cl2NO4/c1-2-3-17-14(21(25-28)15-10-19(27)16(23)11-18(15)26)8-9-20(24-17)29-13-6-4-12(22)5-7-13;1-2-3-17-14(21(27)15-10-19(26)16(23)11-18(15)25)8-9-20(24-17)28-13-6-4-12(22)5-7-13/h4-11,26-28H,2-3H2,1H3;4-11,25-26H,2-3H2,1H3/b25-21+;. The number of aromatic hydroxyl groups is 4. The molecule has 0 radical (unpaired) electrons. The molecule has 0 fully saturated rings. The number of rotatable bonds is 12. The first-order chi connectivity index (χ1) is 27.3. The van der Waals surface area contributed by atoms with Crippen LogP contribution in [0.4, 0.5) is 0 Å². The smallest absolute Gasteiger partial charge is 0.219 e. The van der Waals surface area contributed by atoms with Crippen LogP contribution < -0.4 is 9.47 Å². The minimum atomic E-state index is -0.460. The lowest BCUT2D eigenvalue weighted by Gasteiger charge is -2.14. The third-order valence-corrected chi connectivity index (χ3v) is 9.28. The van der Waals surface area contributed by atoms with E-state index in [1.807, 2.05) is 13.8 Å². The number of halogens is 4. The number of ether oxygens (including phenoxy) is 2. The number of hydrogen-bond donors (Lipinski definition) is 5. The summed E-state index contributed by atoms with van der Waals surface area (Å²) in [5.74, 6) is 0.321. The third-order valence-electron chi connectivity index (χ3n) is 8.17. The Morgan fingerprint density at radius 1 is 0.561 bits per heavy atom. The molecule has 0 saturated heterocycles. The Kier molecular flexibility index (Phi) is 14.5. The van der Waals surface area contributed by atoms with E-state index in [2.05, 4.69) is 15.1 Å². The molecule has 6 rings (SSSR count). The minimum absolute atomic E-state index is 0.0119. The first-order valence-electron chi connectivity index (χ1n) is 17.4. The average Bonchev–Trinajstić information content (AvgIpc) is 3.18. The summed E-state index contributed by atoms with van der Waals surface area (Å²) in [4.78, 5) is 21.9. The van der Waals surface area contributed by atoms with Crippen molar-refractivity contribution in [3.05, 3.63) is 151 Å². The van der Waals surface area contributed by atoms with Crippen LogP contribution in [0.5, 0.6) is 46.3 Å². The molecule has 0 bridgehead atoms. The summed E-state index contributed by atoms with van der Waals surface area (Å²) in [6, 6.07) is 24.9. The van der Waals surface area contributed by atoms with Gasteiger partial charge in [-0.1, -0.05) is 78.2 Å². The van der Waals surface area contributed by atoms with E-state index >= 15 is 0 Å². The highest BCUT2D eigenvalue weighted by Crippen LogP contribution is 2.35. The Morgan fingerprint density at radius 3 is 1.44 bits per heavy atom. The van der Waals surface area contributed by atoms with Gasteiger partial charge >= 0.3 is 0 Å². The van der Waals surface area contributed by atoms with Crippen LogP contribution in [0.1, 0.15) is 65.1 Å². The van der Waals surface area contributed by atoms with Crippen molar-refractivity contribution >= 4 is 57.9 Å². The zero-order valence-corrected chi connectivity index (χ0v) is 33.4. The Labute approximate surface area is 348 Å². The molecule has 0 saturated carbocycles. The number of nitrogens with zero attached hydrogens (tertiary/aromatic N) is 3. The number of benzene rings is 4. The summed E-state index contributed by atoms with van der Waals surface area (Å²) < 4.78 is 11.5. The van der Waals surface area contributed by atoms with Gasteiger partial charge in [-0.2, -0.15) is 0 Å². The largest absolute Gasteiger partial charge is 0.507 e. The Balaban J connectivity index is 0.000000218. The van der Waals surface area contributed by atoms with Gasteiger partial charge < -0.3 is 35.1 Å². The van der Waals surface area contributed by atoms with Gasteiger partial charge in [-0.25, -0.2) is 9.97 Å². The van der Waals surface area contributed by atoms with E-state index in [1.54, 1.807) is 72.8 Å². The molecule has 0 aliphatic carbocycles. The molecule has 0 unspecified atom stereocenters. The summed E-state index contributed by atoms with van der Waals surface area (Å²) in [5, 5.41) is 54.1. The number of carbonyl (C=O) groups is 1. The van der Waals surface area contributed by atoms with Crippen molar-refractivity contribution in [2.45, 2.75) is 39.5 Å². The van der Waals surface area contributed by atoms with Crippen molar-refractivity contribution in [1.82, 2.24) is 9.97 Å². The quantitative estimate of drug-likeness (QED) is 0.0262. The number of phenols is 4. The van der Waals surface area contributed by atoms with Crippen LogP contribution in [0, 0.1) is 0 Å². The van der Waals surface area contributed by atoms with Gasteiger partial charge in [0, 0.05) is 51.0 Å². The zero-order chi connectivity index (χ0) is 41.2. The highest BCUT2D eigenvalue weighted by atomic mass is 35.5. The first-order valence-corrected chi connectivity index (χ1v) is 18.9. The summed E-state index contributed by atoms with van der Waals surface area (Å²) in [6.07, 6.45) is 2.65. The fraction of sp³-hybridized carbons (Fsp3) is 0.143. The van der Waals surface area contributed by atoms with Crippen molar-refractivity contribution < 1.29 is 39.9 Å². The summed E-state index contributed by atoms with van der Waals surface area (Å²) in [5.41, 5.74) is 2.10. The molecule has 11 nitrogen and oxygen atoms in total. The number of pyridine rings is 2. The van der Waals surface area contributed by atoms with Crippen LogP contribution in [0.15, 0.2) is 102 Å². The van der Waals surface area contributed by atoms with Crippen molar-refractivity contribution in [3.8, 4) is 46.3 Å². The maximum atomic E-state index is 12.9. The van der Waals surface area contributed by atoms with Gasteiger partial charge in [0.1, 0.15) is 40.2 Å². The molecule has 5 N–H and O–H groups in total. The fourth-order valence-corrected chi connectivity index (χ4v) is 6.04. The van der Waals surface area contributed by atoms with Crippen molar-refractivity contribution in [2.24, 2.45) is 5.16 Å². The normalized spacial score (nSPS) is 11.1. The maximum Gasteiger partial charge on any atom is 0.219 e. The lowest BCUT2D eigenvalue weighted by molar-refractivity contribution is 0.103. The van der Waals surface area contributed by atoms with Gasteiger partial charge in [0.15, 0.2) is 5.78 Å². The lowest BCUT2D eigenvalue weighted by atomic mass is 9.98. The number of ketones is 1. The van der Waals surface area contributed by atoms with Crippen LogP contribution in [0.2, 0.25) is 20.1 Å². The molecule has 0 aliphatic heterocycles. The van der Waals surface area contributed by atoms with E-state index in [9.17, 15) is 30.4 Å². The fourth-order valence-electron chi connectivity index (χ4n) is 5.47. The van der Waals surface area contributed by atoms with Crippen LogP contribution >= 0.6 is 46.4 Å². The van der Waals surface area contributed by atoms with Gasteiger partial charge in [0.05, 0.1) is 27.0 Å². The van der Waals surface area contributed by atoms with Gasteiger partial charge in [0.2, 0.25) is 11.8 Å². The second kappa shape index (κ2) is 19.4. The molecule has 2 heterocycles. The zero-order valence-electron chi connectivity index (χ0n) is 30.4. The monoisotopic (exact) mass is 849 g/mol. The topological polar surface area (TPSA) is 175 Å². The Bertz CT molecular complexity index is 2410. The molecule has 57 heavy (non-hydrogen) atoms. The molecule has 6 aromatic rings. The highest BCUT2D eigenvalue weighted by molar-refractivity contribution is 6.33. The maximum absolute atomic E-state index is 12.9. The summed E-state index contributed by atoms with van der Waals surface area (Å²) in [6.45, 7) is 3.95. The Hall–Kier alpha value is -5.72. The molecule has 0 aliphatic rings. The number of phenolic OH excluding ortho intramolecular Hbond substituents is 4. The number of oxime groups is 1. The molecule has 4 aromatic carbocycles. The molecule has 294 valence electrons. The molecule has 0 amide bonds. The SMILES string of the molecule is CCCc1nc(Oc2ccc(Cl)cc2)ccc1/C(=N\O)c1cc(O)c(Cl)cc1O.CCCc1nc(Oc2ccc(Cl)cc2)ccc1C(=O)c1cc(O)c(Cl)cc1O. The van der Waals surface area contributed by atoms with Crippen LogP contribution in [-0.2, 0) is 12.8 Å². The molecule has 0 spiro atoms. The summed E-state index contributed by atoms with van der Waals surface area (Å²) in [7, 11) is 0. The number of aryl methyl sites for hydroxylation is 2. The van der Waals surface area contributed by atoms with Crippen molar-refractivity contribution in [2.75, 3.05) is 0 Å². The summed E-state index contributed by atoms with van der Waals surface area (Å²) >= 11 is 23.3. The number of carbonyl (C=O) groups excluding carboxylic acids is 1. The van der Waals surface area contributed by atoms with E-state index in [0.29, 0.717) is 68.7 Å². The van der Waals surface area contributed by atoms with E-state index in [0.717, 1.165) is 25.0 Å². The van der Waals surface area contributed by atoms with Crippen molar-refractivity contribution in [1.29, 1.82) is 0 Å². The molecule has 2 aromatic heterocycles. The van der Waals surface area contributed by atoms with Crippen LogP contribution in [0.3, 0.4) is 0 Å². The molecule has 0 atom stereocenters. The van der Waals surface area contributed by atoms with Gasteiger partial charge in [-0.15, -0.1) is 0 Å². The van der Waals surface area contributed by atoms with Crippen LogP contribution in [0.25, 0.3) is 0 Å². The van der Waals surface area contributed by atoms with Gasteiger partial charge in [-0.3, -0.25) is 4.79 Å². The molecule has 15 heteroatoms. The number of aromatic nitrogens is 2.